The number of hydrogen-bond donors (Lipinski definition) is 2. The van der Waals surface area contributed by atoms with Gasteiger partial charge in [-0.25, -0.2) is 0 Å². The number of benzene rings is 2. The summed E-state index contributed by atoms with van der Waals surface area (Å²) in [7, 11) is 0. The number of hydrogen-bond acceptors (Lipinski definition) is 2. The third-order valence-corrected chi connectivity index (χ3v) is 3.48. The highest BCUT2D eigenvalue weighted by Crippen LogP contribution is 2.37. The lowest BCUT2D eigenvalue weighted by Gasteiger charge is -2.27. The van der Waals surface area contributed by atoms with Crippen LogP contribution < -0.4 is 11.5 Å². The van der Waals surface area contributed by atoms with Gasteiger partial charge in [-0.05, 0) is 22.3 Å². The second-order valence-corrected chi connectivity index (χ2v) is 4.76. The van der Waals surface area contributed by atoms with Gasteiger partial charge in [0.05, 0.1) is 0 Å². The molecular formula is C17H16N2. The molecule has 1 aliphatic rings. The van der Waals surface area contributed by atoms with Gasteiger partial charge in [-0.2, -0.15) is 0 Å². The lowest BCUT2D eigenvalue weighted by atomic mass is 9.89. The van der Waals surface area contributed by atoms with Crippen LogP contribution in [-0.2, 0) is 0 Å². The summed E-state index contributed by atoms with van der Waals surface area (Å²) >= 11 is 0. The van der Waals surface area contributed by atoms with Gasteiger partial charge in [-0.3, -0.25) is 0 Å². The maximum Gasteiger partial charge on any atom is 0.117 e. The zero-order valence-corrected chi connectivity index (χ0v) is 10.6. The molecule has 3 rings (SSSR count). The molecule has 4 N–H and O–H groups in total. The fourth-order valence-corrected chi connectivity index (χ4v) is 2.49. The third kappa shape index (κ3) is 2.01. The maximum absolute atomic E-state index is 6.37. The molecule has 0 bridgehead atoms. The van der Waals surface area contributed by atoms with Crippen LogP contribution in [0.15, 0.2) is 72.8 Å². The Bertz CT molecular complexity index is 580. The normalized spacial score (nSPS) is 16.9. The summed E-state index contributed by atoms with van der Waals surface area (Å²) in [4.78, 5) is 0. The summed E-state index contributed by atoms with van der Waals surface area (Å²) in [6.45, 7) is 0. The van der Waals surface area contributed by atoms with Gasteiger partial charge in [0.2, 0.25) is 0 Å². The molecule has 0 fully saturated rings. The second kappa shape index (κ2) is 4.50. The van der Waals surface area contributed by atoms with Crippen molar-refractivity contribution in [3.8, 4) is 0 Å². The zero-order chi connectivity index (χ0) is 13.3. The number of allylic oxidation sites excluding steroid dienone is 2. The van der Waals surface area contributed by atoms with E-state index in [2.05, 4.69) is 0 Å². The topological polar surface area (TPSA) is 52.0 Å². The van der Waals surface area contributed by atoms with Crippen LogP contribution in [0.5, 0.6) is 0 Å². The highest BCUT2D eigenvalue weighted by molar-refractivity contribution is 5.95. The first-order valence-corrected chi connectivity index (χ1v) is 6.31. The average molecular weight is 248 g/mol. The summed E-state index contributed by atoms with van der Waals surface area (Å²) in [5, 5.41) is 0. The van der Waals surface area contributed by atoms with E-state index < -0.39 is 5.66 Å². The predicted octanol–water partition coefficient (Wildman–Crippen LogP) is 2.78. The fourth-order valence-electron chi connectivity index (χ4n) is 2.49. The Balaban J connectivity index is 1.99. The monoisotopic (exact) mass is 248 g/mol. The molecule has 0 amide bonds. The van der Waals surface area contributed by atoms with Crippen molar-refractivity contribution in [2.45, 2.75) is 5.66 Å². The van der Waals surface area contributed by atoms with E-state index in [0.29, 0.717) is 0 Å². The molecule has 0 aromatic heterocycles. The van der Waals surface area contributed by atoms with Crippen molar-refractivity contribution in [2.24, 2.45) is 11.5 Å². The van der Waals surface area contributed by atoms with E-state index in [0.717, 1.165) is 22.3 Å². The van der Waals surface area contributed by atoms with Crippen LogP contribution in [0.4, 0.5) is 0 Å². The lowest BCUT2D eigenvalue weighted by Crippen LogP contribution is -2.49. The van der Waals surface area contributed by atoms with Crippen LogP contribution in [0.3, 0.4) is 0 Å². The van der Waals surface area contributed by atoms with Gasteiger partial charge in [-0.15, -0.1) is 0 Å². The molecule has 0 radical (unpaired) electrons. The van der Waals surface area contributed by atoms with E-state index in [9.17, 15) is 0 Å². The summed E-state index contributed by atoms with van der Waals surface area (Å²) in [5.41, 5.74) is 15.8. The van der Waals surface area contributed by atoms with E-state index in [1.807, 2.05) is 72.8 Å². The van der Waals surface area contributed by atoms with Gasteiger partial charge in [-0.1, -0.05) is 72.8 Å². The fraction of sp³-hybridized carbons (Fsp3) is 0.0588. The van der Waals surface area contributed by atoms with Crippen LogP contribution in [0.1, 0.15) is 11.1 Å². The maximum atomic E-state index is 6.37. The molecular weight excluding hydrogens is 232 g/mol. The number of nitrogens with two attached hydrogens (primary N) is 2. The molecule has 19 heavy (non-hydrogen) atoms. The van der Waals surface area contributed by atoms with Crippen LogP contribution in [0.25, 0.3) is 11.1 Å². The molecule has 1 aliphatic carbocycles. The Morgan fingerprint density at radius 2 is 0.947 bits per heavy atom. The Kier molecular flexibility index (Phi) is 2.82. The van der Waals surface area contributed by atoms with E-state index >= 15 is 0 Å². The standard InChI is InChI=1S/C17H16N2/c18-17(19)15(13-7-3-1-4-8-13)11-12-16(17)14-9-5-2-6-10-14/h1-12H,18-19H2. The van der Waals surface area contributed by atoms with E-state index in [1.165, 1.54) is 0 Å². The van der Waals surface area contributed by atoms with Gasteiger partial charge in [0, 0.05) is 0 Å². The molecule has 0 saturated heterocycles. The quantitative estimate of drug-likeness (QED) is 0.803. The molecule has 2 heteroatoms. The van der Waals surface area contributed by atoms with E-state index in [-0.39, 0.29) is 0 Å². The third-order valence-electron chi connectivity index (χ3n) is 3.48. The minimum atomic E-state index is -0.942. The predicted molar refractivity (Wildman–Crippen MR) is 79.9 cm³/mol. The Morgan fingerprint density at radius 3 is 1.32 bits per heavy atom. The van der Waals surface area contributed by atoms with E-state index in [1.54, 1.807) is 0 Å². The highest BCUT2D eigenvalue weighted by atomic mass is 15.0. The molecule has 2 aromatic rings. The smallest absolute Gasteiger partial charge is 0.117 e. The van der Waals surface area contributed by atoms with Crippen molar-refractivity contribution < 1.29 is 0 Å². The summed E-state index contributed by atoms with van der Waals surface area (Å²) < 4.78 is 0. The van der Waals surface area contributed by atoms with E-state index in [4.69, 9.17) is 11.5 Å². The molecule has 0 unspecified atom stereocenters. The van der Waals surface area contributed by atoms with Crippen LogP contribution in [0, 0.1) is 0 Å². The van der Waals surface area contributed by atoms with Gasteiger partial charge < -0.3 is 11.5 Å². The molecule has 0 aliphatic heterocycles. The summed E-state index contributed by atoms with van der Waals surface area (Å²) in [5.74, 6) is 0. The Morgan fingerprint density at radius 1 is 0.579 bits per heavy atom. The molecule has 0 spiro atoms. The molecule has 94 valence electrons. The lowest BCUT2D eigenvalue weighted by molar-refractivity contribution is 0.743. The first-order valence-electron chi connectivity index (χ1n) is 6.31. The van der Waals surface area contributed by atoms with Crippen molar-refractivity contribution in [1.82, 2.24) is 0 Å². The second-order valence-electron chi connectivity index (χ2n) is 4.76. The summed E-state index contributed by atoms with van der Waals surface area (Å²) in [6, 6.07) is 20.1. The van der Waals surface area contributed by atoms with Crippen LogP contribution >= 0.6 is 0 Å². The van der Waals surface area contributed by atoms with Gasteiger partial charge >= 0.3 is 0 Å². The Labute approximate surface area is 113 Å². The van der Waals surface area contributed by atoms with Gasteiger partial charge in [0.25, 0.3) is 0 Å². The van der Waals surface area contributed by atoms with Crippen LogP contribution in [0.2, 0.25) is 0 Å². The molecule has 0 atom stereocenters. The van der Waals surface area contributed by atoms with Crippen molar-refractivity contribution in [3.63, 3.8) is 0 Å². The molecule has 2 nitrogen and oxygen atoms in total. The first-order chi connectivity index (χ1) is 9.19. The van der Waals surface area contributed by atoms with Crippen LogP contribution in [-0.4, -0.2) is 5.66 Å². The van der Waals surface area contributed by atoms with Crippen molar-refractivity contribution in [1.29, 1.82) is 0 Å². The minimum Gasteiger partial charge on any atom is -0.306 e. The molecule has 0 saturated carbocycles. The zero-order valence-electron chi connectivity index (χ0n) is 10.6. The highest BCUT2D eigenvalue weighted by Gasteiger charge is 2.34. The van der Waals surface area contributed by atoms with Crippen molar-refractivity contribution in [3.05, 3.63) is 83.9 Å². The van der Waals surface area contributed by atoms with Gasteiger partial charge in [0.15, 0.2) is 0 Å². The van der Waals surface area contributed by atoms with Crippen molar-refractivity contribution >= 4 is 11.1 Å². The van der Waals surface area contributed by atoms with Crippen molar-refractivity contribution in [2.75, 3.05) is 0 Å². The number of rotatable bonds is 2. The Hall–Kier alpha value is -2.16. The average Bonchev–Trinajstić information content (AvgIpc) is 2.76. The first kappa shape index (κ1) is 11.9. The SMILES string of the molecule is NC1(N)C(c2ccccc2)=CC=C1c1ccccc1. The molecule has 0 heterocycles. The largest absolute Gasteiger partial charge is 0.306 e. The minimum absolute atomic E-state index is 0.942. The summed E-state index contributed by atoms with van der Waals surface area (Å²) in [6.07, 6.45) is 4.02. The molecule has 2 aromatic carbocycles. The van der Waals surface area contributed by atoms with Gasteiger partial charge in [0.1, 0.15) is 5.66 Å².